The van der Waals surface area contributed by atoms with E-state index in [0.29, 0.717) is 26.7 Å². The molecule has 0 bridgehead atoms. The van der Waals surface area contributed by atoms with Crippen molar-refractivity contribution >= 4 is 40.2 Å². The average Bonchev–Trinajstić information content (AvgIpc) is 3.03. The number of aromatic nitrogens is 1. The van der Waals surface area contributed by atoms with Crippen LogP contribution in [0, 0.1) is 6.92 Å². The topological polar surface area (TPSA) is 55.5 Å². The van der Waals surface area contributed by atoms with E-state index < -0.39 is 5.76 Å². The van der Waals surface area contributed by atoms with E-state index in [9.17, 15) is 9.59 Å². The number of fused-ring (bicyclic) bond motifs is 1. The molecule has 2 saturated carbocycles. The standard InChI is InChI=1S/C22H28Cl2N2O3/c1-14-17(23)12-18-21(20(14)24)29-22(28)25(18)13-19(27)26(15-8-4-2-5-9-15)16-10-6-3-7-11-16/h12,15-16H,2-11,13H2,1H3. The van der Waals surface area contributed by atoms with Crippen LogP contribution < -0.4 is 5.76 Å². The SMILES string of the molecule is Cc1c(Cl)cc2c(oc(=O)n2CC(=O)N(C2CCCCC2)C2CCCCC2)c1Cl. The van der Waals surface area contributed by atoms with Crippen LogP contribution in [0.3, 0.4) is 0 Å². The van der Waals surface area contributed by atoms with E-state index in [2.05, 4.69) is 4.90 Å². The van der Waals surface area contributed by atoms with E-state index in [0.717, 1.165) is 25.7 Å². The average molecular weight is 439 g/mol. The van der Waals surface area contributed by atoms with E-state index in [4.69, 9.17) is 27.6 Å². The molecule has 5 nitrogen and oxygen atoms in total. The highest BCUT2D eigenvalue weighted by Gasteiger charge is 2.33. The van der Waals surface area contributed by atoms with E-state index in [-0.39, 0.29) is 24.5 Å². The minimum atomic E-state index is -0.566. The van der Waals surface area contributed by atoms with Gasteiger partial charge >= 0.3 is 5.76 Å². The van der Waals surface area contributed by atoms with Gasteiger partial charge in [0.1, 0.15) is 6.54 Å². The summed E-state index contributed by atoms with van der Waals surface area (Å²) in [5.74, 6) is -0.564. The van der Waals surface area contributed by atoms with Crippen LogP contribution in [0.2, 0.25) is 10.0 Å². The highest BCUT2D eigenvalue weighted by Crippen LogP contribution is 2.33. The molecule has 1 heterocycles. The van der Waals surface area contributed by atoms with E-state index in [1.807, 2.05) is 0 Å². The second kappa shape index (κ2) is 8.73. The molecule has 29 heavy (non-hydrogen) atoms. The van der Waals surface area contributed by atoms with Gasteiger partial charge in [-0.1, -0.05) is 61.7 Å². The Labute approximate surface area is 180 Å². The molecule has 2 aliphatic carbocycles. The molecule has 1 aromatic carbocycles. The Hall–Kier alpha value is -1.46. The zero-order valence-corrected chi connectivity index (χ0v) is 18.4. The molecule has 0 radical (unpaired) electrons. The Kier molecular flexibility index (Phi) is 6.26. The van der Waals surface area contributed by atoms with Crippen LogP contribution in [0.15, 0.2) is 15.3 Å². The molecule has 0 aliphatic heterocycles. The third kappa shape index (κ3) is 4.09. The van der Waals surface area contributed by atoms with Gasteiger partial charge in [0.25, 0.3) is 0 Å². The number of hydrogen-bond donors (Lipinski definition) is 0. The van der Waals surface area contributed by atoms with Crippen molar-refractivity contribution in [3.8, 4) is 0 Å². The number of carbonyl (C=O) groups is 1. The number of rotatable bonds is 4. The van der Waals surface area contributed by atoms with Crippen LogP contribution in [-0.2, 0) is 11.3 Å². The monoisotopic (exact) mass is 438 g/mol. The maximum absolute atomic E-state index is 13.5. The van der Waals surface area contributed by atoms with Crippen molar-refractivity contribution in [2.24, 2.45) is 0 Å². The van der Waals surface area contributed by atoms with Gasteiger partial charge in [-0.15, -0.1) is 0 Å². The summed E-state index contributed by atoms with van der Waals surface area (Å²) < 4.78 is 6.77. The smallest absolute Gasteiger partial charge is 0.406 e. The van der Waals surface area contributed by atoms with Crippen molar-refractivity contribution in [2.45, 2.75) is 89.8 Å². The fraction of sp³-hybridized carbons (Fsp3) is 0.636. The first-order chi connectivity index (χ1) is 14.0. The van der Waals surface area contributed by atoms with Crippen molar-refractivity contribution in [3.63, 3.8) is 0 Å². The van der Waals surface area contributed by atoms with Gasteiger partial charge in [0.15, 0.2) is 5.58 Å². The molecule has 0 spiro atoms. The predicted octanol–water partition coefficient (Wildman–Crippen LogP) is 5.70. The van der Waals surface area contributed by atoms with Gasteiger partial charge in [-0.3, -0.25) is 9.36 Å². The van der Waals surface area contributed by atoms with Crippen LogP contribution >= 0.6 is 23.2 Å². The third-order valence-electron chi connectivity index (χ3n) is 6.60. The number of amides is 1. The first-order valence-corrected chi connectivity index (χ1v) is 11.5. The number of halogens is 2. The van der Waals surface area contributed by atoms with Crippen LogP contribution in [-0.4, -0.2) is 27.5 Å². The van der Waals surface area contributed by atoms with Gasteiger partial charge < -0.3 is 9.32 Å². The van der Waals surface area contributed by atoms with Crippen LogP contribution in [0.4, 0.5) is 0 Å². The van der Waals surface area contributed by atoms with Gasteiger partial charge in [-0.25, -0.2) is 4.79 Å². The number of oxazole rings is 1. The van der Waals surface area contributed by atoms with Gasteiger partial charge in [0.2, 0.25) is 5.91 Å². The second-order valence-electron chi connectivity index (χ2n) is 8.48. The van der Waals surface area contributed by atoms with Gasteiger partial charge in [-0.2, -0.15) is 0 Å². The second-order valence-corrected chi connectivity index (χ2v) is 9.27. The lowest BCUT2D eigenvalue weighted by molar-refractivity contribution is -0.138. The van der Waals surface area contributed by atoms with Crippen LogP contribution in [0.5, 0.6) is 0 Å². The van der Waals surface area contributed by atoms with Gasteiger partial charge in [0, 0.05) is 17.1 Å². The molecule has 0 saturated heterocycles. The van der Waals surface area contributed by atoms with Crippen molar-refractivity contribution in [2.75, 3.05) is 0 Å². The molecule has 0 atom stereocenters. The summed E-state index contributed by atoms with van der Waals surface area (Å²) >= 11 is 12.6. The zero-order valence-electron chi connectivity index (χ0n) is 16.9. The summed E-state index contributed by atoms with van der Waals surface area (Å²) in [6, 6.07) is 2.23. The Morgan fingerprint density at radius 1 is 1.07 bits per heavy atom. The molecule has 1 amide bonds. The maximum Gasteiger partial charge on any atom is 0.420 e. The zero-order chi connectivity index (χ0) is 20.5. The highest BCUT2D eigenvalue weighted by molar-refractivity contribution is 6.39. The number of nitrogens with zero attached hydrogens (tertiary/aromatic N) is 2. The molecule has 158 valence electrons. The van der Waals surface area contributed by atoms with Crippen LogP contribution in [0.1, 0.15) is 69.8 Å². The lowest BCUT2D eigenvalue weighted by atomic mass is 9.88. The van der Waals surface area contributed by atoms with Gasteiger partial charge in [-0.05, 0) is 44.2 Å². The summed E-state index contributed by atoms with van der Waals surface area (Å²) in [6.07, 6.45) is 11.4. The van der Waals surface area contributed by atoms with E-state index in [1.165, 1.54) is 43.1 Å². The lowest BCUT2D eigenvalue weighted by Gasteiger charge is -2.41. The molecular formula is C22H28Cl2N2O3. The predicted molar refractivity (Wildman–Crippen MR) is 116 cm³/mol. The number of hydrogen-bond acceptors (Lipinski definition) is 3. The van der Waals surface area contributed by atoms with Crippen molar-refractivity contribution in [1.29, 1.82) is 0 Å². The molecule has 4 rings (SSSR count). The molecule has 2 fully saturated rings. The molecule has 0 unspecified atom stereocenters. The van der Waals surface area contributed by atoms with Crippen molar-refractivity contribution in [1.82, 2.24) is 9.47 Å². The first kappa shape index (κ1) is 20.8. The normalized spacial score (nSPS) is 19.0. The minimum Gasteiger partial charge on any atom is -0.406 e. The van der Waals surface area contributed by atoms with Gasteiger partial charge in [0.05, 0.1) is 10.5 Å². The number of benzene rings is 1. The summed E-state index contributed by atoms with van der Waals surface area (Å²) in [5, 5.41) is 0.785. The summed E-state index contributed by atoms with van der Waals surface area (Å²) in [7, 11) is 0. The molecular weight excluding hydrogens is 411 g/mol. The quantitative estimate of drug-likeness (QED) is 0.614. The Balaban J connectivity index is 1.67. The summed E-state index contributed by atoms with van der Waals surface area (Å²) in [6.45, 7) is 1.75. The molecule has 0 N–H and O–H groups in total. The van der Waals surface area contributed by atoms with E-state index >= 15 is 0 Å². The fourth-order valence-electron chi connectivity index (χ4n) is 5.01. The van der Waals surface area contributed by atoms with E-state index in [1.54, 1.807) is 13.0 Å². The van der Waals surface area contributed by atoms with Crippen molar-refractivity contribution < 1.29 is 9.21 Å². The third-order valence-corrected chi connectivity index (χ3v) is 7.45. The highest BCUT2D eigenvalue weighted by atomic mass is 35.5. The van der Waals surface area contributed by atoms with Crippen molar-refractivity contribution in [3.05, 3.63) is 32.2 Å². The molecule has 2 aliphatic rings. The maximum atomic E-state index is 13.5. The summed E-state index contributed by atoms with van der Waals surface area (Å²) in [4.78, 5) is 28.2. The Bertz CT molecular complexity index is 935. The first-order valence-electron chi connectivity index (χ1n) is 10.8. The largest absolute Gasteiger partial charge is 0.420 e. The fourth-order valence-corrected chi connectivity index (χ4v) is 5.49. The minimum absolute atomic E-state index is 0.00131. The Morgan fingerprint density at radius 2 is 1.62 bits per heavy atom. The van der Waals surface area contributed by atoms with Crippen LogP contribution in [0.25, 0.3) is 11.1 Å². The Morgan fingerprint density at radius 3 is 2.17 bits per heavy atom. The molecule has 2 aromatic rings. The number of carbonyl (C=O) groups excluding carboxylic acids is 1. The lowest BCUT2D eigenvalue weighted by Crippen LogP contribution is -2.50. The molecule has 7 heteroatoms. The summed E-state index contributed by atoms with van der Waals surface area (Å²) in [5.41, 5.74) is 1.45. The molecule has 1 aromatic heterocycles.